The molecule has 14 heavy (non-hydrogen) atoms. The zero-order chi connectivity index (χ0) is 10.9. The third kappa shape index (κ3) is 2.25. The van der Waals surface area contributed by atoms with Crippen molar-refractivity contribution in [1.82, 2.24) is 4.90 Å². The fraction of sp³-hybridized carbons (Fsp3) is 0.900. The predicted octanol–water partition coefficient (Wildman–Crippen LogP) is 0.551. The predicted molar refractivity (Wildman–Crippen MR) is 53.1 cm³/mol. The first-order valence-corrected chi connectivity index (χ1v) is 5.06. The minimum Gasteiger partial charge on any atom is -0.479 e. The van der Waals surface area contributed by atoms with Gasteiger partial charge < -0.3 is 15.1 Å². The van der Waals surface area contributed by atoms with Gasteiger partial charge in [-0.05, 0) is 39.7 Å². The number of piperidine rings is 1. The molecule has 0 bridgehead atoms. The van der Waals surface area contributed by atoms with Gasteiger partial charge in [-0.2, -0.15) is 0 Å². The molecule has 1 heterocycles. The molecular formula is C10H19NO3. The van der Waals surface area contributed by atoms with E-state index < -0.39 is 12.1 Å². The van der Waals surface area contributed by atoms with Crippen molar-refractivity contribution in [3.8, 4) is 0 Å². The summed E-state index contributed by atoms with van der Waals surface area (Å²) >= 11 is 0. The Hall–Kier alpha value is -0.610. The number of likely N-dealkylation sites (tertiary alicyclic amines) is 1. The van der Waals surface area contributed by atoms with Crippen molar-refractivity contribution < 1.29 is 15.0 Å². The van der Waals surface area contributed by atoms with Crippen molar-refractivity contribution in [2.24, 2.45) is 5.92 Å². The van der Waals surface area contributed by atoms with Crippen molar-refractivity contribution in [3.63, 3.8) is 0 Å². The Morgan fingerprint density at radius 2 is 1.79 bits per heavy atom. The van der Waals surface area contributed by atoms with Crippen LogP contribution >= 0.6 is 0 Å². The van der Waals surface area contributed by atoms with Gasteiger partial charge in [0, 0.05) is 12.1 Å². The minimum absolute atomic E-state index is 0.103. The lowest BCUT2D eigenvalue weighted by atomic mass is 9.84. The van der Waals surface area contributed by atoms with Gasteiger partial charge in [-0.1, -0.05) is 0 Å². The number of rotatable bonds is 2. The third-order valence-corrected chi connectivity index (χ3v) is 3.38. The van der Waals surface area contributed by atoms with E-state index in [0.29, 0.717) is 12.1 Å². The van der Waals surface area contributed by atoms with Gasteiger partial charge in [-0.15, -0.1) is 0 Å². The van der Waals surface area contributed by atoms with Crippen LogP contribution < -0.4 is 0 Å². The van der Waals surface area contributed by atoms with Crippen LogP contribution in [-0.2, 0) is 4.79 Å². The van der Waals surface area contributed by atoms with Gasteiger partial charge >= 0.3 is 5.97 Å². The van der Waals surface area contributed by atoms with Crippen molar-refractivity contribution in [2.75, 3.05) is 7.05 Å². The molecule has 4 nitrogen and oxygen atoms in total. The molecule has 1 aliphatic heterocycles. The summed E-state index contributed by atoms with van der Waals surface area (Å²) in [6.07, 6.45) is 0.316. The van der Waals surface area contributed by atoms with Gasteiger partial charge in [0.2, 0.25) is 0 Å². The van der Waals surface area contributed by atoms with Crippen LogP contribution in [0.4, 0.5) is 0 Å². The van der Waals surface area contributed by atoms with E-state index in [1.165, 1.54) is 0 Å². The number of carboxylic acid groups (broad SMARTS) is 1. The van der Waals surface area contributed by atoms with Crippen LogP contribution in [0.3, 0.4) is 0 Å². The Bertz CT molecular complexity index is 207. The van der Waals surface area contributed by atoms with E-state index in [-0.39, 0.29) is 5.92 Å². The van der Waals surface area contributed by atoms with E-state index in [9.17, 15) is 9.90 Å². The van der Waals surface area contributed by atoms with Gasteiger partial charge in [-0.3, -0.25) is 0 Å². The lowest BCUT2D eigenvalue weighted by molar-refractivity contribution is -0.151. The topological polar surface area (TPSA) is 60.8 Å². The monoisotopic (exact) mass is 201 g/mol. The summed E-state index contributed by atoms with van der Waals surface area (Å²) < 4.78 is 0. The highest BCUT2D eigenvalue weighted by Gasteiger charge is 2.35. The zero-order valence-corrected chi connectivity index (χ0v) is 8.97. The molecule has 2 N–H and O–H groups in total. The van der Waals surface area contributed by atoms with Crippen LogP contribution in [0.2, 0.25) is 0 Å². The molecule has 1 fully saturated rings. The maximum Gasteiger partial charge on any atom is 0.332 e. The standard InChI is InChI=1S/C10H19NO3/c1-6-4-8(9(12)10(13)14)5-7(2)11(6)3/h6-9,12H,4-5H2,1-3H3,(H,13,14)/t6-,7+,8?,9?. The Labute approximate surface area is 84.5 Å². The number of hydrogen-bond donors (Lipinski definition) is 2. The van der Waals surface area contributed by atoms with Gasteiger partial charge in [0.1, 0.15) is 0 Å². The molecule has 0 aliphatic carbocycles. The van der Waals surface area contributed by atoms with Crippen LogP contribution in [0.5, 0.6) is 0 Å². The third-order valence-electron chi connectivity index (χ3n) is 3.38. The van der Waals surface area contributed by atoms with Crippen molar-refractivity contribution in [1.29, 1.82) is 0 Å². The van der Waals surface area contributed by atoms with Gasteiger partial charge in [0.15, 0.2) is 6.10 Å². The molecule has 4 atom stereocenters. The molecule has 0 saturated carbocycles. The average Bonchev–Trinajstić information content (AvgIpc) is 2.12. The minimum atomic E-state index is -1.20. The summed E-state index contributed by atoms with van der Waals surface area (Å²) in [5.74, 6) is -1.20. The molecule has 4 heteroatoms. The molecule has 1 saturated heterocycles. The summed E-state index contributed by atoms with van der Waals surface area (Å²) in [7, 11) is 2.04. The van der Waals surface area contributed by atoms with E-state index >= 15 is 0 Å². The summed E-state index contributed by atoms with van der Waals surface area (Å²) in [4.78, 5) is 12.9. The largest absolute Gasteiger partial charge is 0.479 e. The Balaban J connectivity index is 2.62. The number of carbonyl (C=O) groups is 1. The molecule has 0 aromatic carbocycles. The summed E-state index contributed by atoms with van der Waals surface area (Å²) in [5, 5.41) is 18.2. The number of aliphatic carboxylic acids is 1. The lowest BCUT2D eigenvalue weighted by Gasteiger charge is -2.41. The van der Waals surface area contributed by atoms with Crippen LogP contribution in [-0.4, -0.2) is 46.3 Å². The first kappa shape index (κ1) is 11.5. The fourth-order valence-corrected chi connectivity index (χ4v) is 2.20. The quantitative estimate of drug-likeness (QED) is 0.685. The second kappa shape index (κ2) is 4.28. The lowest BCUT2D eigenvalue weighted by Crippen LogP contribution is -2.47. The summed E-state index contributed by atoms with van der Waals surface area (Å²) in [6.45, 7) is 4.13. The first-order valence-electron chi connectivity index (χ1n) is 5.06. The number of hydrogen-bond acceptors (Lipinski definition) is 3. The first-order chi connectivity index (χ1) is 6.43. The van der Waals surface area contributed by atoms with E-state index in [0.717, 1.165) is 12.8 Å². The molecule has 0 amide bonds. The number of aliphatic hydroxyl groups is 1. The highest BCUT2D eigenvalue weighted by molar-refractivity contribution is 5.72. The van der Waals surface area contributed by atoms with Crippen LogP contribution in [0.1, 0.15) is 26.7 Å². The fourth-order valence-electron chi connectivity index (χ4n) is 2.20. The van der Waals surface area contributed by atoms with Crippen LogP contribution in [0.25, 0.3) is 0 Å². The van der Waals surface area contributed by atoms with Gasteiger partial charge in [0.25, 0.3) is 0 Å². The second-order valence-corrected chi connectivity index (χ2v) is 4.38. The van der Waals surface area contributed by atoms with Crippen LogP contribution in [0.15, 0.2) is 0 Å². The van der Waals surface area contributed by atoms with E-state index in [2.05, 4.69) is 18.7 Å². The average molecular weight is 201 g/mol. The number of nitrogens with zero attached hydrogens (tertiary/aromatic N) is 1. The summed E-state index contributed by atoms with van der Waals surface area (Å²) in [6, 6.07) is 0.690. The van der Waals surface area contributed by atoms with E-state index in [4.69, 9.17) is 5.11 Å². The Morgan fingerprint density at radius 3 is 2.14 bits per heavy atom. The second-order valence-electron chi connectivity index (χ2n) is 4.38. The smallest absolute Gasteiger partial charge is 0.332 e. The van der Waals surface area contributed by atoms with Gasteiger partial charge in [-0.25, -0.2) is 4.79 Å². The van der Waals surface area contributed by atoms with E-state index in [1.54, 1.807) is 0 Å². The van der Waals surface area contributed by atoms with Crippen LogP contribution in [0, 0.1) is 5.92 Å². The highest BCUT2D eigenvalue weighted by atomic mass is 16.4. The maximum absolute atomic E-state index is 10.6. The SMILES string of the molecule is C[C@@H]1CC(C(O)C(=O)O)C[C@H](C)N1C. The molecule has 0 aromatic heterocycles. The molecule has 0 radical (unpaired) electrons. The van der Waals surface area contributed by atoms with E-state index in [1.807, 2.05) is 7.05 Å². The Kier molecular flexibility index (Phi) is 3.50. The number of aliphatic hydroxyl groups excluding tert-OH is 1. The molecule has 0 spiro atoms. The van der Waals surface area contributed by atoms with Crippen molar-refractivity contribution in [2.45, 2.75) is 44.9 Å². The molecule has 1 aliphatic rings. The Morgan fingerprint density at radius 1 is 1.36 bits per heavy atom. The maximum atomic E-state index is 10.6. The molecular weight excluding hydrogens is 182 g/mol. The molecule has 2 unspecified atom stereocenters. The summed E-state index contributed by atoms with van der Waals surface area (Å²) in [5.41, 5.74) is 0. The molecule has 82 valence electrons. The van der Waals surface area contributed by atoms with Crippen molar-refractivity contribution >= 4 is 5.97 Å². The zero-order valence-electron chi connectivity index (χ0n) is 8.97. The van der Waals surface area contributed by atoms with Crippen molar-refractivity contribution in [3.05, 3.63) is 0 Å². The molecule has 1 rings (SSSR count). The number of carboxylic acids is 1. The normalized spacial score (nSPS) is 36.7. The highest BCUT2D eigenvalue weighted by Crippen LogP contribution is 2.28. The van der Waals surface area contributed by atoms with Gasteiger partial charge in [0.05, 0.1) is 0 Å². The molecule has 0 aromatic rings.